The number of hydrogen-bond donors (Lipinski definition) is 2. The van der Waals surface area contributed by atoms with Crippen molar-refractivity contribution in [3.05, 3.63) is 29.3 Å². The van der Waals surface area contributed by atoms with Crippen molar-refractivity contribution in [2.45, 2.75) is 19.9 Å². The average molecular weight is 247 g/mol. The van der Waals surface area contributed by atoms with E-state index in [-0.39, 0.29) is 25.1 Å². The van der Waals surface area contributed by atoms with Gasteiger partial charge in [0, 0.05) is 6.04 Å². The predicted octanol–water partition coefficient (Wildman–Crippen LogP) is 1.03. The molecule has 0 radical (unpaired) electrons. The first-order valence-electron chi connectivity index (χ1n) is 5.67. The largest absolute Gasteiger partial charge is 0.484 e. The molecular formula is C13H17N3O2. The molecule has 5 heteroatoms. The molecule has 0 fully saturated rings. The van der Waals surface area contributed by atoms with E-state index in [9.17, 15) is 4.79 Å². The van der Waals surface area contributed by atoms with Crippen LogP contribution in [-0.2, 0) is 4.79 Å². The van der Waals surface area contributed by atoms with E-state index in [1.165, 1.54) is 0 Å². The number of nitrogens with one attached hydrogen (secondary N) is 1. The molecule has 3 N–H and O–H groups in total. The fourth-order valence-corrected chi connectivity index (χ4v) is 1.45. The van der Waals surface area contributed by atoms with Crippen molar-refractivity contribution in [1.82, 2.24) is 5.32 Å². The number of benzene rings is 1. The molecule has 18 heavy (non-hydrogen) atoms. The number of rotatable bonds is 5. The van der Waals surface area contributed by atoms with Gasteiger partial charge in [-0.15, -0.1) is 0 Å². The Morgan fingerprint density at radius 2 is 2.33 bits per heavy atom. The van der Waals surface area contributed by atoms with Crippen molar-refractivity contribution < 1.29 is 9.53 Å². The van der Waals surface area contributed by atoms with E-state index in [1.54, 1.807) is 6.07 Å². The van der Waals surface area contributed by atoms with Crippen LogP contribution in [0.3, 0.4) is 0 Å². The quantitative estimate of drug-likeness (QED) is 0.761. The van der Waals surface area contributed by atoms with E-state index >= 15 is 0 Å². The number of aryl methyl sites for hydroxylation is 1. The topological polar surface area (TPSA) is 88.1 Å². The molecule has 0 saturated carbocycles. The van der Waals surface area contributed by atoms with Gasteiger partial charge in [0.05, 0.1) is 6.07 Å². The van der Waals surface area contributed by atoms with Gasteiger partial charge in [0.15, 0.2) is 6.61 Å². The molecular weight excluding hydrogens is 230 g/mol. The Morgan fingerprint density at radius 1 is 1.61 bits per heavy atom. The number of nitrogens with two attached hydrogens (primary N) is 1. The fraction of sp³-hybridized carbons (Fsp3) is 0.385. The van der Waals surface area contributed by atoms with E-state index in [0.29, 0.717) is 5.75 Å². The van der Waals surface area contributed by atoms with Crippen LogP contribution in [-0.4, -0.2) is 19.1 Å². The molecule has 0 saturated heterocycles. The van der Waals surface area contributed by atoms with E-state index in [2.05, 4.69) is 5.32 Å². The Labute approximate surface area is 107 Å². The Bertz CT molecular complexity index is 464. The fourth-order valence-electron chi connectivity index (χ4n) is 1.45. The third-order valence-corrected chi connectivity index (χ3v) is 2.45. The molecule has 1 atom stereocenters. The molecule has 1 amide bonds. The van der Waals surface area contributed by atoms with Crippen LogP contribution < -0.4 is 15.8 Å². The summed E-state index contributed by atoms with van der Waals surface area (Å²) in [5.41, 5.74) is 7.72. The molecule has 0 aliphatic heterocycles. The maximum Gasteiger partial charge on any atom is 0.258 e. The maximum atomic E-state index is 11.3. The van der Waals surface area contributed by atoms with Gasteiger partial charge in [0.2, 0.25) is 0 Å². The van der Waals surface area contributed by atoms with E-state index in [0.717, 1.165) is 11.1 Å². The van der Waals surface area contributed by atoms with Gasteiger partial charge in [-0.2, -0.15) is 5.26 Å². The van der Waals surface area contributed by atoms with Crippen molar-refractivity contribution in [2.24, 2.45) is 5.73 Å². The highest BCUT2D eigenvalue weighted by Gasteiger charge is 2.06. The zero-order valence-electron chi connectivity index (χ0n) is 10.6. The number of nitrogens with zero attached hydrogens (tertiary/aromatic N) is 1. The lowest BCUT2D eigenvalue weighted by Gasteiger charge is -2.11. The second-order valence-electron chi connectivity index (χ2n) is 4.04. The summed E-state index contributed by atoms with van der Waals surface area (Å²) in [5, 5.41) is 10.7. The summed E-state index contributed by atoms with van der Waals surface area (Å²) >= 11 is 0. The first-order valence-corrected chi connectivity index (χ1v) is 5.67. The van der Waals surface area contributed by atoms with Crippen molar-refractivity contribution in [2.75, 3.05) is 13.2 Å². The summed E-state index contributed by atoms with van der Waals surface area (Å²) in [7, 11) is 0. The van der Waals surface area contributed by atoms with Crippen molar-refractivity contribution in [1.29, 1.82) is 5.26 Å². The number of nitriles is 1. The lowest BCUT2D eigenvalue weighted by molar-refractivity contribution is -0.122. The minimum Gasteiger partial charge on any atom is -0.484 e. The number of carbonyl (C=O) groups is 1. The first kappa shape index (κ1) is 14.0. The minimum atomic E-state index is -0.313. The molecule has 1 rings (SSSR count). The highest BCUT2D eigenvalue weighted by atomic mass is 16.5. The van der Waals surface area contributed by atoms with E-state index in [1.807, 2.05) is 32.0 Å². The molecule has 0 aliphatic rings. The predicted molar refractivity (Wildman–Crippen MR) is 67.9 cm³/mol. The zero-order valence-corrected chi connectivity index (χ0v) is 10.6. The average Bonchev–Trinajstić information content (AvgIpc) is 2.34. The number of amides is 1. The van der Waals surface area contributed by atoms with Crippen LogP contribution >= 0.6 is 0 Å². The first-order chi connectivity index (χ1) is 8.54. The molecule has 1 aromatic carbocycles. The smallest absolute Gasteiger partial charge is 0.258 e. The van der Waals surface area contributed by atoms with E-state index < -0.39 is 0 Å². The summed E-state index contributed by atoms with van der Waals surface area (Å²) in [6.45, 7) is 3.70. The van der Waals surface area contributed by atoms with Crippen LogP contribution in [0.1, 0.15) is 24.1 Å². The third kappa shape index (κ3) is 4.07. The van der Waals surface area contributed by atoms with Crippen molar-refractivity contribution >= 4 is 5.91 Å². The Hall–Kier alpha value is -2.06. The van der Waals surface area contributed by atoms with Crippen LogP contribution in [0.5, 0.6) is 5.75 Å². The lowest BCUT2D eigenvalue weighted by atomic mass is 10.1. The highest BCUT2D eigenvalue weighted by molar-refractivity contribution is 5.77. The molecule has 0 aliphatic carbocycles. The summed E-state index contributed by atoms with van der Waals surface area (Å²) in [6, 6.07) is 7.41. The van der Waals surface area contributed by atoms with E-state index in [4.69, 9.17) is 15.7 Å². The third-order valence-electron chi connectivity index (χ3n) is 2.45. The lowest BCUT2D eigenvalue weighted by Crippen LogP contribution is -2.29. The Morgan fingerprint density at radius 3 is 2.89 bits per heavy atom. The van der Waals surface area contributed by atoms with Gasteiger partial charge < -0.3 is 15.8 Å². The van der Waals surface area contributed by atoms with Gasteiger partial charge in [0.25, 0.3) is 5.91 Å². The number of carbonyl (C=O) groups excluding carboxylic acids is 1. The van der Waals surface area contributed by atoms with Gasteiger partial charge in [-0.1, -0.05) is 12.1 Å². The minimum absolute atomic E-state index is 0.00913. The summed E-state index contributed by atoms with van der Waals surface area (Å²) in [6.07, 6.45) is 0. The summed E-state index contributed by atoms with van der Waals surface area (Å²) in [4.78, 5) is 11.3. The van der Waals surface area contributed by atoms with Crippen LogP contribution in [0, 0.1) is 18.3 Å². The van der Waals surface area contributed by atoms with Crippen molar-refractivity contribution in [3.63, 3.8) is 0 Å². The summed E-state index contributed by atoms with van der Waals surface area (Å²) < 4.78 is 5.37. The molecule has 0 aromatic heterocycles. The SMILES string of the molecule is Cc1cc([C@@H](C)N)ccc1OCC(=O)NCC#N. The van der Waals surface area contributed by atoms with Crippen LogP contribution in [0.2, 0.25) is 0 Å². The second-order valence-corrected chi connectivity index (χ2v) is 4.04. The second kappa shape index (κ2) is 6.62. The Balaban J connectivity index is 2.58. The number of ether oxygens (including phenoxy) is 1. The van der Waals surface area contributed by atoms with Crippen LogP contribution in [0.15, 0.2) is 18.2 Å². The van der Waals surface area contributed by atoms with Gasteiger partial charge in [-0.3, -0.25) is 4.79 Å². The maximum absolute atomic E-state index is 11.3. The molecule has 0 bridgehead atoms. The van der Waals surface area contributed by atoms with Gasteiger partial charge >= 0.3 is 0 Å². The normalized spacial score (nSPS) is 11.4. The zero-order chi connectivity index (χ0) is 13.5. The monoisotopic (exact) mass is 247 g/mol. The van der Waals surface area contributed by atoms with Gasteiger partial charge in [0.1, 0.15) is 12.3 Å². The molecule has 0 heterocycles. The van der Waals surface area contributed by atoms with Crippen LogP contribution in [0.25, 0.3) is 0 Å². The number of hydrogen-bond acceptors (Lipinski definition) is 4. The van der Waals surface area contributed by atoms with Crippen LogP contribution in [0.4, 0.5) is 0 Å². The molecule has 5 nitrogen and oxygen atoms in total. The van der Waals surface area contributed by atoms with Gasteiger partial charge in [-0.05, 0) is 31.0 Å². The Kier molecular flexibility index (Phi) is 5.15. The standard InChI is InChI=1S/C13H17N3O2/c1-9-7-11(10(2)15)3-4-12(9)18-8-13(17)16-6-5-14/h3-4,7,10H,6,8,15H2,1-2H3,(H,16,17)/t10-/m1/s1. The highest BCUT2D eigenvalue weighted by Crippen LogP contribution is 2.21. The van der Waals surface area contributed by atoms with Gasteiger partial charge in [-0.25, -0.2) is 0 Å². The van der Waals surface area contributed by atoms with Crippen molar-refractivity contribution in [3.8, 4) is 11.8 Å². The molecule has 0 unspecified atom stereocenters. The molecule has 0 spiro atoms. The summed E-state index contributed by atoms with van der Waals surface area (Å²) in [5.74, 6) is 0.332. The molecule has 96 valence electrons. The molecule has 1 aromatic rings.